The van der Waals surface area contributed by atoms with Crippen molar-refractivity contribution in [3.05, 3.63) is 34.1 Å². The molecule has 2 N–H and O–H groups in total. The van der Waals surface area contributed by atoms with Crippen molar-refractivity contribution in [2.45, 2.75) is 38.1 Å². The second-order valence-corrected chi connectivity index (χ2v) is 6.75. The monoisotopic (exact) mass is 332 g/mol. The third kappa shape index (κ3) is 2.38. The highest BCUT2D eigenvalue weighted by Gasteiger charge is 2.21. The molecule has 4 rings (SSSR count). The van der Waals surface area contributed by atoms with E-state index in [1.165, 1.54) is 32.1 Å². The Kier molecular flexibility index (Phi) is 3.54. The molecule has 0 saturated heterocycles. The van der Waals surface area contributed by atoms with Crippen LogP contribution >= 0.6 is 23.8 Å². The zero-order chi connectivity index (χ0) is 15.1. The fourth-order valence-electron chi connectivity index (χ4n) is 3.40. The zero-order valence-corrected chi connectivity index (χ0v) is 13.7. The molecule has 1 saturated carbocycles. The molecule has 3 aromatic rings. The van der Waals surface area contributed by atoms with Gasteiger partial charge >= 0.3 is 0 Å². The lowest BCUT2D eigenvalue weighted by Crippen LogP contribution is -2.14. The molecule has 0 radical (unpaired) electrons. The quantitative estimate of drug-likeness (QED) is 0.630. The van der Waals surface area contributed by atoms with Gasteiger partial charge in [0.05, 0.1) is 5.69 Å². The van der Waals surface area contributed by atoms with Crippen LogP contribution in [-0.4, -0.2) is 19.7 Å². The maximum Gasteiger partial charge on any atom is 0.195 e. The lowest BCUT2D eigenvalue weighted by molar-refractivity contribution is 0.352. The van der Waals surface area contributed by atoms with Crippen molar-refractivity contribution in [2.75, 3.05) is 0 Å². The Morgan fingerprint density at radius 3 is 2.82 bits per heavy atom. The van der Waals surface area contributed by atoms with Crippen LogP contribution in [0.1, 0.15) is 38.1 Å². The molecule has 0 atom stereocenters. The van der Waals surface area contributed by atoms with Gasteiger partial charge in [0, 0.05) is 22.0 Å². The van der Waals surface area contributed by atoms with Crippen molar-refractivity contribution >= 4 is 34.7 Å². The van der Waals surface area contributed by atoms with E-state index in [0.717, 1.165) is 27.4 Å². The van der Waals surface area contributed by atoms with Gasteiger partial charge in [-0.1, -0.05) is 30.9 Å². The Morgan fingerprint density at radius 2 is 2.00 bits per heavy atom. The Bertz CT molecular complexity index is 870. The maximum atomic E-state index is 6.07. The number of benzene rings is 1. The van der Waals surface area contributed by atoms with Crippen LogP contribution in [0.4, 0.5) is 0 Å². The van der Waals surface area contributed by atoms with Crippen molar-refractivity contribution in [3.63, 3.8) is 0 Å². The molecule has 0 unspecified atom stereocenters. The number of aromatic nitrogens is 4. The molecule has 0 amide bonds. The number of hydrogen-bond donors (Lipinski definition) is 2. The summed E-state index contributed by atoms with van der Waals surface area (Å²) in [6.07, 6.45) is 6.19. The van der Waals surface area contributed by atoms with Gasteiger partial charge in [0.15, 0.2) is 10.6 Å². The van der Waals surface area contributed by atoms with Gasteiger partial charge in [-0.05, 0) is 49.3 Å². The molecule has 22 heavy (non-hydrogen) atoms. The lowest BCUT2D eigenvalue weighted by Gasteiger charge is -2.23. The van der Waals surface area contributed by atoms with Gasteiger partial charge in [-0.3, -0.25) is 9.67 Å². The number of H-pyrrole nitrogens is 2. The van der Waals surface area contributed by atoms with Gasteiger partial charge in [0.1, 0.15) is 0 Å². The third-order valence-corrected chi connectivity index (χ3v) is 4.99. The van der Waals surface area contributed by atoms with Gasteiger partial charge < -0.3 is 4.98 Å². The fourth-order valence-corrected chi connectivity index (χ4v) is 3.86. The first-order chi connectivity index (χ1) is 10.7. The van der Waals surface area contributed by atoms with Crippen molar-refractivity contribution < 1.29 is 0 Å². The van der Waals surface area contributed by atoms with Crippen LogP contribution in [0.2, 0.25) is 5.02 Å². The van der Waals surface area contributed by atoms with E-state index in [9.17, 15) is 0 Å². The number of halogens is 1. The summed E-state index contributed by atoms with van der Waals surface area (Å²) in [5.41, 5.74) is 2.04. The Hall–Kier alpha value is -1.59. The molecule has 1 fully saturated rings. The second-order valence-electron chi connectivity index (χ2n) is 5.93. The van der Waals surface area contributed by atoms with Gasteiger partial charge in [0.2, 0.25) is 0 Å². The molecule has 0 bridgehead atoms. The van der Waals surface area contributed by atoms with Gasteiger partial charge in [-0.25, -0.2) is 0 Å². The van der Waals surface area contributed by atoms with Crippen LogP contribution in [0.15, 0.2) is 24.3 Å². The zero-order valence-electron chi connectivity index (χ0n) is 12.1. The van der Waals surface area contributed by atoms with E-state index in [2.05, 4.69) is 25.8 Å². The molecule has 114 valence electrons. The summed E-state index contributed by atoms with van der Waals surface area (Å²) in [5, 5.41) is 9.25. The van der Waals surface area contributed by atoms with Crippen LogP contribution in [-0.2, 0) is 0 Å². The van der Waals surface area contributed by atoms with Crippen LogP contribution in [0.3, 0.4) is 0 Å². The smallest absolute Gasteiger partial charge is 0.195 e. The lowest BCUT2D eigenvalue weighted by atomic mass is 9.95. The fraction of sp³-hybridized carbons (Fsp3) is 0.375. The molecule has 4 nitrogen and oxygen atoms in total. The van der Waals surface area contributed by atoms with Crippen LogP contribution in [0.25, 0.3) is 22.4 Å². The summed E-state index contributed by atoms with van der Waals surface area (Å²) >= 11 is 11.5. The van der Waals surface area contributed by atoms with E-state index in [-0.39, 0.29) is 0 Å². The summed E-state index contributed by atoms with van der Waals surface area (Å²) in [7, 11) is 0. The largest absolute Gasteiger partial charge is 0.352 e. The standard InChI is InChI=1S/C16H17ClN4S/c17-11-6-7-13-10(8-11)9-14(18-13)15-19-20-16(22)21(15)12-4-2-1-3-5-12/h6-9,12,18H,1-5H2,(H,20,22). The number of nitrogens with one attached hydrogen (secondary N) is 2. The minimum absolute atomic E-state index is 0.449. The van der Waals surface area contributed by atoms with Crippen LogP contribution in [0, 0.1) is 4.77 Å². The molecular weight excluding hydrogens is 316 g/mol. The second kappa shape index (κ2) is 5.56. The Morgan fingerprint density at radius 1 is 1.18 bits per heavy atom. The van der Waals surface area contributed by atoms with Crippen LogP contribution in [0.5, 0.6) is 0 Å². The van der Waals surface area contributed by atoms with Crippen molar-refractivity contribution in [2.24, 2.45) is 0 Å². The highest BCUT2D eigenvalue weighted by Crippen LogP contribution is 2.33. The van der Waals surface area contributed by atoms with Crippen molar-refractivity contribution in [1.82, 2.24) is 19.7 Å². The first-order valence-electron chi connectivity index (χ1n) is 7.68. The maximum absolute atomic E-state index is 6.07. The van der Waals surface area contributed by atoms with Gasteiger partial charge in [-0.15, -0.1) is 0 Å². The highest BCUT2D eigenvalue weighted by molar-refractivity contribution is 7.71. The van der Waals surface area contributed by atoms with E-state index in [1.54, 1.807) is 0 Å². The number of nitrogens with zero attached hydrogens (tertiary/aromatic N) is 2. The highest BCUT2D eigenvalue weighted by atomic mass is 35.5. The first-order valence-corrected chi connectivity index (χ1v) is 8.46. The topological polar surface area (TPSA) is 49.4 Å². The summed E-state index contributed by atoms with van der Waals surface area (Å²) in [6.45, 7) is 0. The normalized spacial score (nSPS) is 16.4. The predicted molar refractivity (Wildman–Crippen MR) is 91.8 cm³/mol. The Balaban J connectivity index is 1.82. The van der Waals surface area contributed by atoms with Crippen molar-refractivity contribution in [1.29, 1.82) is 0 Å². The molecule has 2 aromatic heterocycles. The molecule has 6 heteroatoms. The number of fused-ring (bicyclic) bond motifs is 1. The minimum atomic E-state index is 0.449. The van der Waals surface area contributed by atoms with Crippen molar-refractivity contribution in [3.8, 4) is 11.5 Å². The van der Waals surface area contributed by atoms with E-state index < -0.39 is 0 Å². The summed E-state index contributed by atoms with van der Waals surface area (Å²) in [4.78, 5) is 3.42. The number of hydrogen-bond acceptors (Lipinski definition) is 2. The molecule has 1 aromatic carbocycles. The summed E-state index contributed by atoms with van der Waals surface area (Å²) in [6, 6.07) is 8.38. The number of aromatic amines is 2. The minimum Gasteiger partial charge on any atom is -0.352 e. The molecular formula is C16H17ClN4S. The van der Waals surface area contributed by atoms with E-state index in [0.29, 0.717) is 10.8 Å². The molecule has 1 aliphatic rings. The SMILES string of the molecule is S=c1[nH]nc(-c2cc3cc(Cl)ccc3[nH]2)n1C1CCCCC1. The molecule has 1 aliphatic carbocycles. The average molecular weight is 333 g/mol. The summed E-state index contributed by atoms with van der Waals surface area (Å²) in [5.74, 6) is 0.893. The van der Waals surface area contributed by atoms with Crippen LogP contribution < -0.4 is 0 Å². The van der Waals surface area contributed by atoms with E-state index in [4.69, 9.17) is 23.8 Å². The van der Waals surface area contributed by atoms with E-state index in [1.807, 2.05) is 18.2 Å². The average Bonchev–Trinajstić information content (AvgIpc) is 3.10. The van der Waals surface area contributed by atoms with Gasteiger partial charge in [-0.2, -0.15) is 5.10 Å². The molecule has 2 heterocycles. The van der Waals surface area contributed by atoms with E-state index >= 15 is 0 Å². The van der Waals surface area contributed by atoms with Gasteiger partial charge in [0.25, 0.3) is 0 Å². The molecule has 0 spiro atoms. The predicted octanol–water partition coefficient (Wildman–Crippen LogP) is 5.25. The third-order valence-electron chi connectivity index (χ3n) is 4.47. The molecule has 0 aliphatic heterocycles. The Labute approximate surface area is 138 Å². The first kappa shape index (κ1) is 14.0. The number of rotatable bonds is 2. The summed E-state index contributed by atoms with van der Waals surface area (Å²) < 4.78 is 2.89.